The first-order valence-corrected chi connectivity index (χ1v) is 12.7. The molecule has 0 bridgehead atoms. The number of hydrogen-bond acceptors (Lipinski definition) is 7. The molecule has 0 fully saturated rings. The van der Waals surface area contributed by atoms with E-state index in [1.165, 1.54) is 18.3 Å². The van der Waals surface area contributed by atoms with E-state index in [2.05, 4.69) is 15.2 Å². The number of carbonyl (C=O) groups is 2. The molecule has 3 aromatic rings. The number of amides is 1. The molecule has 0 unspecified atom stereocenters. The van der Waals surface area contributed by atoms with Crippen LogP contribution < -0.4 is 19.6 Å². The quantitative estimate of drug-likeness (QED) is 0.177. The minimum absolute atomic E-state index is 0.0724. The van der Waals surface area contributed by atoms with Crippen molar-refractivity contribution in [3.8, 4) is 11.5 Å². The number of rotatable bonds is 11. The fourth-order valence-corrected chi connectivity index (χ4v) is 3.86. The van der Waals surface area contributed by atoms with Gasteiger partial charge in [-0.15, -0.1) is 0 Å². The summed E-state index contributed by atoms with van der Waals surface area (Å²) in [6.07, 6.45) is 2.28. The highest BCUT2D eigenvalue weighted by atomic mass is 32.2. The molecule has 3 aromatic carbocycles. The number of esters is 1. The van der Waals surface area contributed by atoms with Gasteiger partial charge in [-0.25, -0.2) is 23.4 Å². The Bertz CT molecular complexity index is 1300. The molecule has 3 rings (SSSR count). The molecular weight excluding hydrogens is 482 g/mol. The molecule has 0 heterocycles. The van der Waals surface area contributed by atoms with Crippen LogP contribution in [-0.2, 0) is 14.8 Å². The van der Waals surface area contributed by atoms with Crippen LogP contribution in [-0.4, -0.2) is 39.7 Å². The summed E-state index contributed by atoms with van der Waals surface area (Å²) in [6, 6.07) is 19.5. The molecule has 2 N–H and O–H groups in total. The van der Waals surface area contributed by atoms with Gasteiger partial charge in [0.05, 0.1) is 29.8 Å². The summed E-state index contributed by atoms with van der Waals surface area (Å²) in [7, 11) is -3.80. The van der Waals surface area contributed by atoms with Gasteiger partial charge in [0, 0.05) is 0 Å². The minimum Gasteiger partial charge on any atom is -0.494 e. The van der Waals surface area contributed by atoms with E-state index in [9.17, 15) is 18.0 Å². The standard InChI is InChI=1S/C26H27N3O6S/c1-3-16-34-22-12-8-21(9-13-22)26(31)35-23-10-6-20(7-11-23)17-27-29-25(30)18-28-36(32,33)24-14-4-19(2)5-15-24/h4-15,17,28H,3,16,18H2,1-2H3,(H,29,30)/b27-17-. The number of benzene rings is 3. The highest BCUT2D eigenvalue weighted by Crippen LogP contribution is 2.16. The van der Waals surface area contributed by atoms with Gasteiger partial charge in [0.2, 0.25) is 10.0 Å². The van der Waals surface area contributed by atoms with Gasteiger partial charge in [-0.2, -0.15) is 5.10 Å². The fraction of sp³-hybridized carbons (Fsp3) is 0.192. The summed E-state index contributed by atoms with van der Waals surface area (Å²) in [6.45, 7) is 4.00. The third-order valence-electron chi connectivity index (χ3n) is 4.81. The van der Waals surface area contributed by atoms with Crippen molar-refractivity contribution < 1.29 is 27.5 Å². The van der Waals surface area contributed by atoms with E-state index in [-0.39, 0.29) is 4.90 Å². The number of carbonyl (C=O) groups excluding carboxylic acids is 2. The number of hydrazone groups is 1. The van der Waals surface area contributed by atoms with E-state index in [1.807, 2.05) is 13.8 Å². The Balaban J connectivity index is 1.46. The lowest BCUT2D eigenvalue weighted by molar-refractivity contribution is -0.119. The topological polar surface area (TPSA) is 123 Å². The average Bonchev–Trinajstić information content (AvgIpc) is 2.88. The van der Waals surface area contributed by atoms with Crippen molar-refractivity contribution in [2.45, 2.75) is 25.2 Å². The molecule has 0 aromatic heterocycles. The molecule has 0 aliphatic rings. The van der Waals surface area contributed by atoms with Crippen molar-refractivity contribution in [1.82, 2.24) is 10.1 Å². The summed E-state index contributed by atoms with van der Waals surface area (Å²) in [5.74, 6) is -0.0942. The first kappa shape index (κ1) is 26.6. The molecule has 36 heavy (non-hydrogen) atoms. The van der Waals surface area contributed by atoms with E-state index in [0.717, 1.165) is 12.0 Å². The van der Waals surface area contributed by atoms with E-state index < -0.39 is 28.4 Å². The Kier molecular flexibility index (Phi) is 9.32. The number of hydrogen-bond donors (Lipinski definition) is 2. The van der Waals surface area contributed by atoms with E-state index in [4.69, 9.17) is 9.47 Å². The van der Waals surface area contributed by atoms with Gasteiger partial charge in [-0.3, -0.25) is 4.79 Å². The second-order valence-corrected chi connectivity index (χ2v) is 9.53. The van der Waals surface area contributed by atoms with Crippen LogP contribution in [0.5, 0.6) is 11.5 Å². The average molecular weight is 510 g/mol. The second-order valence-electron chi connectivity index (χ2n) is 7.76. The molecule has 0 saturated heterocycles. The Morgan fingerprint density at radius 3 is 2.19 bits per heavy atom. The highest BCUT2D eigenvalue weighted by molar-refractivity contribution is 7.89. The van der Waals surface area contributed by atoms with Crippen LogP contribution >= 0.6 is 0 Å². The summed E-state index contributed by atoms with van der Waals surface area (Å²) in [5.41, 5.74) is 4.21. The van der Waals surface area contributed by atoms with Crippen molar-refractivity contribution in [2.75, 3.05) is 13.2 Å². The Hall–Kier alpha value is -4.02. The maximum absolute atomic E-state index is 12.3. The molecular formula is C26H27N3O6S. The molecule has 0 spiro atoms. The molecule has 0 aliphatic heterocycles. The van der Waals surface area contributed by atoms with Gasteiger partial charge in [-0.05, 0) is 79.6 Å². The van der Waals surface area contributed by atoms with Crippen LogP contribution in [0.4, 0.5) is 0 Å². The largest absolute Gasteiger partial charge is 0.494 e. The van der Waals surface area contributed by atoms with Crippen molar-refractivity contribution in [3.63, 3.8) is 0 Å². The lowest BCUT2D eigenvalue weighted by Gasteiger charge is -2.07. The van der Waals surface area contributed by atoms with Gasteiger partial charge in [0.25, 0.3) is 5.91 Å². The molecule has 188 valence electrons. The van der Waals surface area contributed by atoms with E-state index >= 15 is 0 Å². The monoisotopic (exact) mass is 509 g/mol. The summed E-state index contributed by atoms with van der Waals surface area (Å²) in [5, 5.41) is 3.82. The number of aryl methyl sites for hydroxylation is 1. The SMILES string of the molecule is CCCOc1ccc(C(=O)Oc2ccc(/C=N\NC(=O)CNS(=O)(=O)c3ccc(C)cc3)cc2)cc1. The Morgan fingerprint density at radius 1 is 0.917 bits per heavy atom. The van der Waals surface area contributed by atoms with Crippen LogP contribution in [0.2, 0.25) is 0 Å². The molecule has 1 amide bonds. The van der Waals surface area contributed by atoms with Crippen molar-refractivity contribution in [2.24, 2.45) is 5.10 Å². The number of nitrogens with one attached hydrogen (secondary N) is 2. The minimum atomic E-state index is -3.80. The molecule has 0 atom stereocenters. The van der Waals surface area contributed by atoms with Crippen LogP contribution in [0.15, 0.2) is 82.8 Å². The van der Waals surface area contributed by atoms with Crippen molar-refractivity contribution >= 4 is 28.1 Å². The van der Waals surface area contributed by atoms with Gasteiger partial charge in [0.1, 0.15) is 11.5 Å². The zero-order valence-electron chi connectivity index (χ0n) is 19.9. The van der Waals surface area contributed by atoms with Crippen molar-refractivity contribution in [1.29, 1.82) is 0 Å². The normalized spacial score (nSPS) is 11.3. The predicted molar refractivity (Wildman–Crippen MR) is 136 cm³/mol. The van der Waals surface area contributed by atoms with Crippen LogP contribution in [0.25, 0.3) is 0 Å². The first-order chi connectivity index (χ1) is 17.3. The third kappa shape index (κ3) is 8.03. The second kappa shape index (κ2) is 12.6. The van der Waals surface area contributed by atoms with Gasteiger partial charge in [-0.1, -0.05) is 24.6 Å². The van der Waals surface area contributed by atoms with Crippen LogP contribution in [0.3, 0.4) is 0 Å². The van der Waals surface area contributed by atoms with Gasteiger partial charge in [0.15, 0.2) is 0 Å². The third-order valence-corrected chi connectivity index (χ3v) is 6.23. The molecule has 0 aliphatic carbocycles. The van der Waals surface area contributed by atoms with Crippen LogP contribution in [0.1, 0.15) is 34.8 Å². The lowest BCUT2D eigenvalue weighted by atomic mass is 10.2. The Morgan fingerprint density at radius 2 is 1.56 bits per heavy atom. The fourth-order valence-electron chi connectivity index (χ4n) is 2.87. The maximum atomic E-state index is 12.3. The smallest absolute Gasteiger partial charge is 0.343 e. The zero-order chi connectivity index (χ0) is 26.0. The van der Waals surface area contributed by atoms with E-state index in [1.54, 1.807) is 60.7 Å². The van der Waals surface area contributed by atoms with Crippen LogP contribution in [0, 0.1) is 6.92 Å². The summed E-state index contributed by atoms with van der Waals surface area (Å²) < 4.78 is 37.5. The molecule has 10 heteroatoms. The molecule has 9 nitrogen and oxygen atoms in total. The van der Waals surface area contributed by atoms with Gasteiger partial charge < -0.3 is 9.47 Å². The first-order valence-electron chi connectivity index (χ1n) is 11.2. The number of sulfonamides is 1. The number of nitrogens with zero attached hydrogens (tertiary/aromatic N) is 1. The summed E-state index contributed by atoms with van der Waals surface area (Å²) in [4.78, 5) is 24.3. The lowest BCUT2D eigenvalue weighted by Crippen LogP contribution is -2.34. The predicted octanol–water partition coefficient (Wildman–Crippen LogP) is 3.43. The van der Waals surface area contributed by atoms with Gasteiger partial charge >= 0.3 is 5.97 Å². The molecule has 0 saturated carbocycles. The van der Waals surface area contributed by atoms with Crippen molar-refractivity contribution in [3.05, 3.63) is 89.5 Å². The summed E-state index contributed by atoms with van der Waals surface area (Å²) >= 11 is 0. The number of ether oxygens (including phenoxy) is 2. The van der Waals surface area contributed by atoms with E-state index in [0.29, 0.717) is 29.2 Å². The zero-order valence-corrected chi connectivity index (χ0v) is 20.7. The highest BCUT2D eigenvalue weighted by Gasteiger charge is 2.15. The molecule has 0 radical (unpaired) electrons. The Labute approximate surface area is 210 Å². The maximum Gasteiger partial charge on any atom is 0.343 e.